The van der Waals surface area contributed by atoms with Crippen LogP contribution >= 0.6 is 23.2 Å². The first-order valence-electron chi connectivity index (χ1n) is 5.85. The lowest BCUT2D eigenvalue weighted by Crippen LogP contribution is -2.31. The Morgan fingerprint density at radius 1 is 1.40 bits per heavy atom. The summed E-state index contributed by atoms with van der Waals surface area (Å²) in [6.45, 7) is 2.42. The summed E-state index contributed by atoms with van der Waals surface area (Å²) in [6.07, 6.45) is 0.751. The fraction of sp³-hybridized carbons (Fsp3) is 0.417. The van der Waals surface area contributed by atoms with Crippen molar-refractivity contribution in [2.45, 2.75) is 13.3 Å². The van der Waals surface area contributed by atoms with Gasteiger partial charge < -0.3 is 9.64 Å². The van der Waals surface area contributed by atoms with Crippen molar-refractivity contribution in [3.8, 4) is 0 Å². The fourth-order valence-corrected chi connectivity index (χ4v) is 2.43. The predicted molar refractivity (Wildman–Crippen MR) is 77.6 cm³/mol. The molecule has 1 rings (SSSR count). The zero-order valence-electron chi connectivity index (χ0n) is 11.1. The molecule has 0 aliphatic carbocycles. The third kappa shape index (κ3) is 3.98. The van der Waals surface area contributed by atoms with Crippen LogP contribution < -0.4 is 4.90 Å². The van der Waals surface area contributed by atoms with E-state index < -0.39 is 10.9 Å². The summed E-state index contributed by atoms with van der Waals surface area (Å²) in [5.41, 5.74) is 0.199. The van der Waals surface area contributed by atoms with Crippen LogP contribution in [0.5, 0.6) is 0 Å². The van der Waals surface area contributed by atoms with Gasteiger partial charge in [0.15, 0.2) is 0 Å². The number of halogens is 2. The Morgan fingerprint density at radius 3 is 2.35 bits per heavy atom. The van der Waals surface area contributed by atoms with Crippen molar-refractivity contribution in [1.29, 1.82) is 0 Å². The van der Waals surface area contributed by atoms with Gasteiger partial charge in [0.05, 0.1) is 27.8 Å². The molecule has 0 atom stereocenters. The van der Waals surface area contributed by atoms with E-state index in [1.165, 1.54) is 19.2 Å². The number of hydrogen-bond acceptors (Lipinski definition) is 5. The third-order valence-corrected chi connectivity index (χ3v) is 3.15. The summed E-state index contributed by atoms with van der Waals surface area (Å²) in [4.78, 5) is 23.2. The lowest BCUT2D eigenvalue weighted by molar-refractivity contribution is -0.384. The number of nitro groups is 1. The highest BCUT2D eigenvalue weighted by atomic mass is 35.5. The van der Waals surface area contributed by atoms with Gasteiger partial charge in [-0.2, -0.15) is 0 Å². The Balaban J connectivity index is 3.19. The molecule has 0 saturated heterocycles. The third-order valence-electron chi connectivity index (χ3n) is 2.57. The van der Waals surface area contributed by atoms with Gasteiger partial charge in [0.25, 0.3) is 5.69 Å². The SMILES string of the molecule is CCCN(CC(=O)OC)c1c(Cl)cc([N+](=O)[O-])cc1Cl. The first-order valence-corrected chi connectivity index (χ1v) is 6.61. The molecule has 0 amide bonds. The molecule has 20 heavy (non-hydrogen) atoms. The first kappa shape index (κ1) is 16.5. The number of non-ortho nitro benzene ring substituents is 1. The highest BCUT2D eigenvalue weighted by Crippen LogP contribution is 2.37. The van der Waals surface area contributed by atoms with Crippen LogP contribution in [-0.2, 0) is 9.53 Å². The molecular weight excluding hydrogens is 307 g/mol. The van der Waals surface area contributed by atoms with Crippen molar-refractivity contribution >= 4 is 40.5 Å². The summed E-state index contributed by atoms with van der Waals surface area (Å²) in [5.74, 6) is -0.441. The van der Waals surface area contributed by atoms with Gasteiger partial charge >= 0.3 is 5.97 Å². The van der Waals surface area contributed by atoms with E-state index in [9.17, 15) is 14.9 Å². The molecule has 0 bridgehead atoms. The van der Waals surface area contributed by atoms with E-state index >= 15 is 0 Å². The zero-order chi connectivity index (χ0) is 15.3. The van der Waals surface area contributed by atoms with Crippen molar-refractivity contribution in [3.63, 3.8) is 0 Å². The summed E-state index contributed by atoms with van der Waals surface area (Å²) < 4.78 is 4.62. The minimum absolute atomic E-state index is 0.0262. The van der Waals surface area contributed by atoms with Crippen molar-refractivity contribution < 1.29 is 14.5 Å². The van der Waals surface area contributed by atoms with Crippen molar-refractivity contribution in [2.75, 3.05) is 25.1 Å². The molecule has 110 valence electrons. The number of esters is 1. The van der Waals surface area contributed by atoms with Gasteiger partial charge in [-0.1, -0.05) is 30.1 Å². The molecule has 0 saturated carbocycles. The molecule has 1 aromatic carbocycles. The van der Waals surface area contributed by atoms with E-state index in [0.717, 1.165) is 6.42 Å². The van der Waals surface area contributed by atoms with E-state index in [2.05, 4.69) is 4.74 Å². The minimum atomic E-state index is -0.577. The average Bonchev–Trinajstić information content (AvgIpc) is 2.37. The predicted octanol–water partition coefficient (Wildman–Crippen LogP) is 3.29. The van der Waals surface area contributed by atoms with E-state index in [-0.39, 0.29) is 22.3 Å². The van der Waals surface area contributed by atoms with Crippen molar-refractivity contribution in [1.82, 2.24) is 0 Å². The normalized spacial score (nSPS) is 10.2. The number of methoxy groups -OCH3 is 1. The molecule has 0 radical (unpaired) electrons. The minimum Gasteiger partial charge on any atom is -0.468 e. The lowest BCUT2D eigenvalue weighted by atomic mass is 10.2. The van der Waals surface area contributed by atoms with Gasteiger partial charge in [-0.05, 0) is 6.42 Å². The second-order valence-corrected chi connectivity index (χ2v) is 4.83. The summed E-state index contributed by atoms with van der Waals surface area (Å²) >= 11 is 12.1. The zero-order valence-corrected chi connectivity index (χ0v) is 12.6. The molecule has 0 aromatic heterocycles. The number of ether oxygens (including phenoxy) is 1. The van der Waals surface area contributed by atoms with Crippen LogP contribution in [0.4, 0.5) is 11.4 Å². The number of benzene rings is 1. The van der Waals surface area contributed by atoms with Crippen LogP contribution in [0.25, 0.3) is 0 Å². The van der Waals surface area contributed by atoms with Crippen LogP contribution in [0.15, 0.2) is 12.1 Å². The van der Waals surface area contributed by atoms with Crippen molar-refractivity contribution in [3.05, 3.63) is 32.3 Å². The largest absolute Gasteiger partial charge is 0.468 e. The maximum Gasteiger partial charge on any atom is 0.325 e. The van der Waals surface area contributed by atoms with E-state index in [1.54, 1.807) is 4.90 Å². The molecule has 0 aliphatic rings. The number of hydrogen-bond donors (Lipinski definition) is 0. The van der Waals surface area contributed by atoms with E-state index in [4.69, 9.17) is 23.2 Å². The molecule has 0 aliphatic heterocycles. The maximum absolute atomic E-state index is 11.4. The topological polar surface area (TPSA) is 72.7 Å². The Labute approximate surface area is 126 Å². The second kappa shape index (κ2) is 7.31. The average molecular weight is 321 g/mol. The van der Waals surface area contributed by atoms with Gasteiger partial charge in [0.2, 0.25) is 0 Å². The monoisotopic (exact) mass is 320 g/mol. The quantitative estimate of drug-likeness (QED) is 0.457. The van der Waals surface area contributed by atoms with Crippen LogP contribution in [0, 0.1) is 10.1 Å². The van der Waals surface area contributed by atoms with Gasteiger partial charge in [0.1, 0.15) is 6.54 Å². The molecule has 0 spiro atoms. The van der Waals surface area contributed by atoms with Crippen LogP contribution in [-0.4, -0.2) is 31.1 Å². The molecule has 1 aromatic rings. The lowest BCUT2D eigenvalue weighted by Gasteiger charge is -2.24. The van der Waals surface area contributed by atoms with Crippen LogP contribution in [0.1, 0.15) is 13.3 Å². The van der Waals surface area contributed by atoms with Gasteiger partial charge in [-0.25, -0.2) is 0 Å². The Hall–Kier alpha value is -1.53. The second-order valence-electron chi connectivity index (χ2n) is 4.01. The number of carbonyl (C=O) groups excluding carboxylic acids is 1. The van der Waals surface area contributed by atoms with Crippen LogP contribution in [0.3, 0.4) is 0 Å². The number of nitrogens with zero attached hydrogens (tertiary/aromatic N) is 2. The standard InChI is InChI=1S/C12H14Cl2N2O4/c1-3-4-15(7-11(17)20-2)12-9(13)5-8(16(18)19)6-10(12)14/h5-6H,3-4,7H2,1-2H3. The smallest absolute Gasteiger partial charge is 0.325 e. The summed E-state index contributed by atoms with van der Waals surface area (Å²) in [5, 5.41) is 11.0. The Morgan fingerprint density at radius 2 is 1.95 bits per heavy atom. The van der Waals surface area contributed by atoms with Gasteiger partial charge in [-0.3, -0.25) is 14.9 Å². The fourth-order valence-electron chi connectivity index (χ4n) is 1.72. The summed E-state index contributed by atoms with van der Waals surface area (Å²) in [6, 6.07) is 2.42. The van der Waals surface area contributed by atoms with E-state index in [1.807, 2.05) is 6.92 Å². The van der Waals surface area contributed by atoms with E-state index in [0.29, 0.717) is 12.2 Å². The Kier molecular flexibility index (Phi) is 6.04. The van der Waals surface area contributed by atoms with Crippen molar-refractivity contribution in [2.24, 2.45) is 0 Å². The first-order chi connectivity index (χ1) is 9.40. The van der Waals surface area contributed by atoms with Gasteiger partial charge in [0, 0.05) is 18.7 Å². The van der Waals surface area contributed by atoms with Gasteiger partial charge in [-0.15, -0.1) is 0 Å². The molecule has 0 fully saturated rings. The summed E-state index contributed by atoms with van der Waals surface area (Å²) in [7, 11) is 1.28. The number of rotatable bonds is 6. The molecule has 6 nitrogen and oxygen atoms in total. The number of carbonyl (C=O) groups is 1. The molecule has 8 heteroatoms. The van der Waals surface area contributed by atoms with Crippen LogP contribution in [0.2, 0.25) is 10.0 Å². The number of nitro benzene ring substituents is 1. The Bertz CT molecular complexity index is 499. The number of anilines is 1. The highest BCUT2D eigenvalue weighted by molar-refractivity contribution is 6.39. The molecular formula is C12H14Cl2N2O4. The molecule has 0 unspecified atom stereocenters. The molecule has 0 N–H and O–H groups in total. The highest BCUT2D eigenvalue weighted by Gasteiger charge is 2.21. The maximum atomic E-state index is 11.4. The molecule has 0 heterocycles.